The number of aromatic nitrogens is 2. The predicted octanol–water partition coefficient (Wildman–Crippen LogP) is 1.09. The van der Waals surface area contributed by atoms with Crippen molar-refractivity contribution < 1.29 is 0 Å². The summed E-state index contributed by atoms with van der Waals surface area (Å²) in [7, 11) is 1.92. The second kappa shape index (κ2) is 4.11. The summed E-state index contributed by atoms with van der Waals surface area (Å²) in [5.41, 5.74) is 1.14. The SMILES string of the molecule is C#CC(C)NC(C)c1ccnn1C. The molecule has 0 aliphatic carbocycles. The second-order valence-corrected chi connectivity index (χ2v) is 3.16. The summed E-state index contributed by atoms with van der Waals surface area (Å²) in [6.45, 7) is 4.04. The van der Waals surface area contributed by atoms with Crippen LogP contribution in [0.5, 0.6) is 0 Å². The van der Waals surface area contributed by atoms with Crippen LogP contribution in [0.25, 0.3) is 0 Å². The Morgan fingerprint density at radius 3 is 2.77 bits per heavy atom. The minimum Gasteiger partial charge on any atom is -0.296 e. The molecule has 0 saturated heterocycles. The first-order chi connectivity index (χ1) is 6.15. The van der Waals surface area contributed by atoms with Gasteiger partial charge in [0.25, 0.3) is 0 Å². The third kappa shape index (κ3) is 2.33. The van der Waals surface area contributed by atoms with Crippen molar-refractivity contribution in [3.63, 3.8) is 0 Å². The fourth-order valence-electron chi connectivity index (χ4n) is 1.32. The summed E-state index contributed by atoms with van der Waals surface area (Å²) in [5.74, 6) is 2.64. The average Bonchev–Trinajstić information content (AvgIpc) is 2.51. The maximum Gasteiger partial charge on any atom is 0.0663 e. The molecule has 13 heavy (non-hydrogen) atoms. The summed E-state index contributed by atoms with van der Waals surface area (Å²) < 4.78 is 1.85. The van der Waals surface area contributed by atoms with Gasteiger partial charge in [0, 0.05) is 19.3 Å². The van der Waals surface area contributed by atoms with E-state index in [1.54, 1.807) is 6.20 Å². The van der Waals surface area contributed by atoms with Crippen molar-refractivity contribution in [3.8, 4) is 12.3 Å². The topological polar surface area (TPSA) is 29.9 Å². The molecule has 0 radical (unpaired) electrons. The molecular formula is C10H15N3. The molecule has 3 heteroatoms. The summed E-state index contributed by atoms with van der Waals surface area (Å²) in [6, 6.07) is 2.31. The highest BCUT2D eigenvalue weighted by atomic mass is 15.3. The van der Waals surface area contributed by atoms with Crippen molar-refractivity contribution in [1.29, 1.82) is 0 Å². The van der Waals surface area contributed by atoms with Crippen LogP contribution in [0.4, 0.5) is 0 Å². The molecule has 0 fully saturated rings. The zero-order valence-corrected chi connectivity index (χ0v) is 8.28. The van der Waals surface area contributed by atoms with E-state index in [4.69, 9.17) is 6.42 Å². The summed E-state index contributed by atoms with van der Waals surface area (Å²) in [5, 5.41) is 7.37. The number of nitrogens with one attached hydrogen (secondary N) is 1. The third-order valence-electron chi connectivity index (χ3n) is 2.05. The van der Waals surface area contributed by atoms with Crippen LogP contribution in [0, 0.1) is 12.3 Å². The standard InChI is InChI=1S/C10H15N3/c1-5-8(2)12-9(3)10-6-7-11-13(10)4/h1,6-9,12H,2-4H3. The van der Waals surface area contributed by atoms with Crippen molar-refractivity contribution in [1.82, 2.24) is 15.1 Å². The Kier molecular flexibility index (Phi) is 3.10. The minimum absolute atomic E-state index is 0.0879. The van der Waals surface area contributed by atoms with Gasteiger partial charge in [-0.2, -0.15) is 5.10 Å². The Morgan fingerprint density at radius 1 is 1.62 bits per heavy atom. The van der Waals surface area contributed by atoms with Gasteiger partial charge in [0.1, 0.15) is 0 Å². The number of hydrogen-bond donors (Lipinski definition) is 1. The Hall–Kier alpha value is -1.27. The molecule has 0 aliphatic heterocycles. The van der Waals surface area contributed by atoms with Crippen LogP contribution < -0.4 is 5.32 Å². The molecule has 0 aliphatic rings. The molecule has 0 saturated carbocycles. The fraction of sp³-hybridized carbons (Fsp3) is 0.500. The number of rotatable bonds is 3. The lowest BCUT2D eigenvalue weighted by molar-refractivity contribution is 0.510. The molecular weight excluding hydrogens is 162 g/mol. The van der Waals surface area contributed by atoms with Crippen molar-refractivity contribution >= 4 is 0 Å². The predicted molar refractivity (Wildman–Crippen MR) is 53.1 cm³/mol. The Morgan fingerprint density at radius 2 is 2.31 bits per heavy atom. The highest BCUT2D eigenvalue weighted by molar-refractivity contribution is 5.07. The second-order valence-electron chi connectivity index (χ2n) is 3.16. The average molecular weight is 177 g/mol. The van der Waals surface area contributed by atoms with Crippen LogP contribution in [0.2, 0.25) is 0 Å². The van der Waals surface area contributed by atoms with Gasteiger partial charge in [0.15, 0.2) is 0 Å². The van der Waals surface area contributed by atoms with E-state index in [-0.39, 0.29) is 12.1 Å². The van der Waals surface area contributed by atoms with Crippen LogP contribution in [0.15, 0.2) is 12.3 Å². The zero-order valence-electron chi connectivity index (χ0n) is 8.28. The first-order valence-corrected chi connectivity index (χ1v) is 4.35. The van der Waals surface area contributed by atoms with E-state index in [1.165, 1.54) is 0 Å². The quantitative estimate of drug-likeness (QED) is 0.700. The highest BCUT2D eigenvalue weighted by Gasteiger charge is 2.10. The first-order valence-electron chi connectivity index (χ1n) is 4.35. The minimum atomic E-state index is 0.0879. The summed E-state index contributed by atoms with van der Waals surface area (Å²) in [4.78, 5) is 0. The van der Waals surface area contributed by atoms with Gasteiger partial charge in [-0.3, -0.25) is 10.00 Å². The molecule has 0 amide bonds. The maximum atomic E-state index is 5.28. The molecule has 1 aromatic rings. The molecule has 1 heterocycles. The normalized spacial score (nSPS) is 14.9. The van der Waals surface area contributed by atoms with Gasteiger partial charge >= 0.3 is 0 Å². The van der Waals surface area contributed by atoms with Crippen LogP contribution in [0.1, 0.15) is 25.6 Å². The number of nitrogens with zero attached hydrogens (tertiary/aromatic N) is 2. The van der Waals surface area contributed by atoms with Gasteiger partial charge in [0.2, 0.25) is 0 Å². The smallest absolute Gasteiger partial charge is 0.0663 e. The van der Waals surface area contributed by atoms with Gasteiger partial charge in [-0.1, -0.05) is 5.92 Å². The monoisotopic (exact) mass is 177 g/mol. The zero-order chi connectivity index (χ0) is 9.84. The van der Waals surface area contributed by atoms with E-state index in [1.807, 2.05) is 24.7 Å². The number of aryl methyl sites for hydroxylation is 1. The third-order valence-corrected chi connectivity index (χ3v) is 2.05. The molecule has 2 unspecified atom stereocenters. The van der Waals surface area contributed by atoms with Crippen molar-refractivity contribution in [2.45, 2.75) is 25.9 Å². The summed E-state index contributed by atoms with van der Waals surface area (Å²) >= 11 is 0. The molecule has 1 rings (SSSR count). The van der Waals surface area contributed by atoms with Crippen molar-refractivity contribution in [2.24, 2.45) is 7.05 Å². The largest absolute Gasteiger partial charge is 0.296 e. The van der Waals surface area contributed by atoms with E-state index in [2.05, 4.69) is 23.3 Å². The number of terminal acetylenes is 1. The molecule has 70 valence electrons. The van der Waals surface area contributed by atoms with Gasteiger partial charge in [-0.25, -0.2) is 0 Å². The number of hydrogen-bond acceptors (Lipinski definition) is 2. The van der Waals surface area contributed by atoms with Crippen LogP contribution >= 0.6 is 0 Å². The molecule has 0 aromatic carbocycles. The first kappa shape index (κ1) is 9.82. The summed E-state index contributed by atoms with van der Waals surface area (Å²) in [6.07, 6.45) is 7.06. The Balaban J connectivity index is 2.65. The fourth-order valence-corrected chi connectivity index (χ4v) is 1.32. The van der Waals surface area contributed by atoms with Gasteiger partial charge in [-0.15, -0.1) is 6.42 Å². The molecule has 3 nitrogen and oxygen atoms in total. The molecule has 1 N–H and O–H groups in total. The molecule has 0 spiro atoms. The Labute approximate surface area is 79.1 Å². The lowest BCUT2D eigenvalue weighted by atomic mass is 10.2. The van der Waals surface area contributed by atoms with Crippen molar-refractivity contribution in [2.75, 3.05) is 0 Å². The van der Waals surface area contributed by atoms with Crippen LogP contribution in [0.3, 0.4) is 0 Å². The van der Waals surface area contributed by atoms with E-state index >= 15 is 0 Å². The molecule has 1 aromatic heterocycles. The van der Waals surface area contributed by atoms with Crippen LogP contribution in [-0.4, -0.2) is 15.8 Å². The van der Waals surface area contributed by atoms with E-state index < -0.39 is 0 Å². The van der Waals surface area contributed by atoms with Gasteiger partial charge in [0.05, 0.1) is 11.7 Å². The van der Waals surface area contributed by atoms with Gasteiger partial charge < -0.3 is 0 Å². The van der Waals surface area contributed by atoms with E-state index in [0.29, 0.717) is 0 Å². The van der Waals surface area contributed by atoms with E-state index in [9.17, 15) is 0 Å². The molecule has 2 atom stereocenters. The van der Waals surface area contributed by atoms with Crippen LogP contribution in [-0.2, 0) is 7.05 Å². The molecule has 0 bridgehead atoms. The van der Waals surface area contributed by atoms with E-state index in [0.717, 1.165) is 5.69 Å². The highest BCUT2D eigenvalue weighted by Crippen LogP contribution is 2.10. The van der Waals surface area contributed by atoms with Crippen molar-refractivity contribution in [3.05, 3.63) is 18.0 Å². The lowest BCUT2D eigenvalue weighted by Crippen LogP contribution is -2.28. The maximum absolute atomic E-state index is 5.28. The lowest BCUT2D eigenvalue weighted by Gasteiger charge is -2.16. The Bertz CT molecular complexity index is 308. The van der Waals surface area contributed by atoms with Gasteiger partial charge in [-0.05, 0) is 19.9 Å².